The van der Waals surface area contributed by atoms with Crippen molar-refractivity contribution in [2.24, 2.45) is 0 Å². The molecule has 1 heterocycles. The Morgan fingerprint density at radius 3 is 1.86 bits per heavy atom. The molecule has 4 nitrogen and oxygen atoms in total. The number of amides is 1. The number of ether oxygens (including phenoxy) is 1. The van der Waals surface area contributed by atoms with Crippen LogP contribution in [-0.2, 0) is 4.74 Å². The Kier molecular flexibility index (Phi) is 6.77. The Bertz CT molecular complexity index is 786. The fraction of sp³-hybridized carbons (Fsp3) is 0.435. The van der Waals surface area contributed by atoms with Gasteiger partial charge in [0.15, 0.2) is 0 Å². The van der Waals surface area contributed by atoms with E-state index in [1.54, 1.807) is 4.90 Å². The minimum absolute atomic E-state index is 0.0559. The van der Waals surface area contributed by atoms with Gasteiger partial charge in [0.2, 0.25) is 0 Å². The third-order valence-corrected chi connectivity index (χ3v) is 5.54. The summed E-state index contributed by atoms with van der Waals surface area (Å²) in [7, 11) is 0. The molecule has 0 unspecified atom stereocenters. The summed E-state index contributed by atoms with van der Waals surface area (Å²) in [4.78, 5) is 16.7. The second kappa shape index (κ2) is 8.95. The fourth-order valence-corrected chi connectivity index (χ4v) is 3.97. The zero-order chi connectivity index (χ0) is 21.2. The van der Waals surface area contributed by atoms with Crippen molar-refractivity contribution in [3.63, 3.8) is 0 Å². The fourth-order valence-electron chi connectivity index (χ4n) is 3.71. The van der Waals surface area contributed by atoms with Crippen molar-refractivity contribution in [3.05, 3.63) is 69.7 Å². The van der Waals surface area contributed by atoms with Crippen LogP contribution in [0.4, 0.5) is 4.79 Å². The molecule has 3 rings (SSSR count). The van der Waals surface area contributed by atoms with Crippen LogP contribution in [0.25, 0.3) is 0 Å². The molecule has 1 aliphatic heterocycles. The van der Waals surface area contributed by atoms with Crippen molar-refractivity contribution >= 4 is 29.3 Å². The predicted octanol–water partition coefficient (Wildman–Crippen LogP) is 6.02. The molecule has 2 aromatic rings. The van der Waals surface area contributed by atoms with Gasteiger partial charge in [0.05, 0.1) is 6.04 Å². The lowest BCUT2D eigenvalue weighted by molar-refractivity contribution is 0.000963. The van der Waals surface area contributed by atoms with Gasteiger partial charge in [-0.2, -0.15) is 0 Å². The van der Waals surface area contributed by atoms with E-state index < -0.39 is 5.60 Å². The molecule has 6 heteroatoms. The van der Waals surface area contributed by atoms with Gasteiger partial charge in [0, 0.05) is 35.7 Å². The summed E-state index contributed by atoms with van der Waals surface area (Å²) in [6.45, 7) is 9.81. The van der Waals surface area contributed by atoms with Gasteiger partial charge in [0.25, 0.3) is 0 Å². The number of benzene rings is 2. The van der Waals surface area contributed by atoms with Gasteiger partial charge in [-0.1, -0.05) is 47.5 Å². The summed E-state index contributed by atoms with van der Waals surface area (Å²) in [6, 6.07) is 16.1. The van der Waals surface area contributed by atoms with Crippen LogP contribution < -0.4 is 0 Å². The Hall–Kier alpha value is -1.75. The van der Waals surface area contributed by atoms with Crippen molar-refractivity contribution in [2.45, 2.75) is 45.4 Å². The largest absolute Gasteiger partial charge is 0.444 e. The topological polar surface area (TPSA) is 32.8 Å². The summed E-state index contributed by atoms with van der Waals surface area (Å²) >= 11 is 12.2. The van der Waals surface area contributed by atoms with E-state index in [0.717, 1.165) is 17.7 Å². The normalized spacial score (nSPS) is 18.2. The molecule has 0 aliphatic carbocycles. The first-order valence-electron chi connectivity index (χ1n) is 9.88. The van der Waals surface area contributed by atoms with Gasteiger partial charge in [-0.25, -0.2) is 4.79 Å². The van der Waals surface area contributed by atoms with Crippen LogP contribution in [0.1, 0.15) is 44.9 Å². The lowest BCUT2D eigenvalue weighted by atomic mass is 9.95. The van der Waals surface area contributed by atoms with Gasteiger partial charge >= 0.3 is 6.09 Å². The molecule has 0 aromatic heterocycles. The number of carbonyl (C=O) groups is 1. The molecular weight excluding hydrogens is 407 g/mol. The molecule has 0 spiro atoms. The number of hydrogen-bond donors (Lipinski definition) is 0. The predicted molar refractivity (Wildman–Crippen MR) is 119 cm³/mol. The van der Waals surface area contributed by atoms with Crippen LogP contribution in [0, 0.1) is 0 Å². The Labute approximate surface area is 183 Å². The Morgan fingerprint density at radius 1 is 0.966 bits per heavy atom. The highest BCUT2D eigenvalue weighted by Gasteiger charge is 2.34. The minimum Gasteiger partial charge on any atom is -0.444 e. The standard InChI is InChI=1S/C23H28Cl2N2O2/c1-16-15-26(22(28)29-23(2,3)4)13-14-27(16)21(17-5-9-19(24)10-6-17)18-7-11-20(25)12-8-18/h5-12,16,21H,13-15H2,1-4H3/t16-/m1/s1. The van der Waals surface area contributed by atoms with E-state index in [9.17, 15) is 4.79 Å². The monoisotopic (exact) mass is 434 g/mol. The lowest BCUT2D eigenvalue weighted by Crippen LogP contribution is -2.55. The van der Waals surface area contributed by atoms with Crippen molar-refractivity contribution in [1.29, 1.82) is 0 Å². The molecule has 156 valence electrons. The third-order valence-electron chi connectivity index (χ3n) is 5.03. The highest BCUT2D eigenvalue weighted by Crippen LogP contribution is 2.33. The number of piperazine rings is 1. The molecule has 0 radical (unpaired) electrons. The zero-order valence-corrected chi connectivity index (χ0v) is 18.9. The van der Waals surface area contributed by atoms with Crippen LogP contribution in [0.5, 0.6) is 0 Å². The molecule has 0 saturated carbocycles. The lowest BCUT2D eigenvalue weighted by Gasteiger charge is -2.44. The molecule has 2 aromatic carbocycles. The molecule has 1 amide bonds. The van der Waals surface area contributed by atoms with Crippen LogP contribution in [0.3, 0.4) is 0 Å². The number of rotatable bonds is 3. The van der Waals surface area contributed by atoms with Crippen molar-refractivity contribution in [1.82, 2.24) is 9.80 Å². The SMILES string of the molecule is C[C@@H]1CN(C(=O)OC(C)(C)C)CCN1C(c1ccc(Cl)cc1)c1ccc(Cl)cc1. The van der Waals surface area contributed by atoms with E-state index in [2.05, 4.69) is 36.1 Å². The van der Waals surface area contributed by atoms with Crippen LogP contribution >= 0.6 is 23.2 Å². The molecular formula is C23H28Cl2N2O2. The van der Waals surface area contributed by atoms with E-state index in [-0.39, 0.29) is 18.2 Å². The summed E-state index contributed by atoms with van der Waals surface area (Å²) in [5.41, 5.74) is 1.83. The maximum atomic E-state index is 12.5. The minimum atomic E-state index is -0.493. The molecule has 0 N–H and O–H groups in total. The first-order chi connectivity index (χ1) is 13.6. The highest BCUT2D eigenvalue weighted by atomic mass is 35.5. The first-order valence-corrected chi connectivity index (χ1v) is 10.6. The summed E-state index contributed by atoms with van der Waals surface area (Å²) in [5.74, 6) is 0. The van der Waals surface area contributed by atoms with Crippen LogP contribution in [0.2, 0.25) is 10.0 Å². The number of halogens is 2. The van der Waals surface area contributed by atoms with Crippen molar-refractivity contribution in [2.75, 3.05) is 19.6 Å². The Morgan fingerprint density at radius 2 is 1.45 bits per heavy atom. The van der Waals surface area contributed by atoms with E-state index in [4.69, 9.17) is 27.9 Å². The quantitative estimate of drug-likeness (QED) is 0.591. The average molecular weight is 435 g/mol. The maximum Gasteiger partial charge on any atom is 0.410 e. The third kappa shape index (κ3) is 5.65. The molecule has 1 fully saturated rings. The zero-order valence-electron chi connectivity index (χ0n) is 17.4. The molecule has 1 saturated heterocycles. The summed E-state index contributed by atoms with van der Waals surface area (Å²) in [6.07, 6.45) is -0.251. The molecule has 1 atom stereocenters. The van der Waals surface area contributed by atoms with E-state index in [1.165, 1.54) is 0 Å². The first kappa shape index (κ1) is 21.9. The summed E-state index contributed by atoms with van der Waals surface area (Å²) < 4.78 is 5.56. The van der Waals surface area contributed by atoms with Gasteiger partial charge in [0.1, 0.15) is 5.60 Å². The maximum absolute atomic E-state index is 12.5. The Balaban J connectivity index is 1.84. The second-order valence-electron chi connectivity index (χ2n) is 8.52. The number of carbonyl (C=O) groups excluding carboxylic acids is 1. The van der Waals surface area contributed by atoms with E-state index in [1.807, 2.05) is 45.0 Å². The number of nitrogens with zero attached hydrogens (tertiary/aromatic N) is 2. The number of hydrogen-bond acceptors (Lipinski definition) is 3. The molecule has 1 aliphatic rings. The van der Waals surface area contributed by atoms with Crippen molar-refractivity contribution in [3.8, 4) is 0 Å². The second-order valence-corrected chi connectivity index (χ2v) is 9.39. The average Bonchev–Trinajstić information content (AvgIpc) is 2.64. The van der Waals surface area contributed by atoms with Gasteiger partial charge < -0.3 is 9.64 Å². The van der Waals surface area contributed by atoms with Crippen LogP contribution in [-0.4, -0.2) is 47.2 Å². The van der Waals surface area contributed by atoms with Crippen molar-refractivity contribution < 1.29 is 9.53 Å². The van der Waals surface area contributed by atoms with Gasteiger partial charge in [-0.15, -0.1) is 0 Å². The van der Waals surface area contributed by atoms with Crippen LogP contribution in [0.15, 0.2) is 48.5 Å². The molecule has 29 heavy (non-hydrogen) atoms. The smallest absolute Gasteiger partial charge is 0.410 e. The van der Waals surface area contributed by atoms with E-state index in [0.29, 0.717) is 23.1 Å². The van der Waals surface area contributed by atoms with Gasteiger partial charge in [-0.05, 0) is 63.1 Å². The van der Waals surface area contributed by atoms with E-state index >= 15 is 0 Å². The summed E-state index contributed by atoms with van der Waals surface area (Å²) in [5, 5.41) is 1.43. The molecule has 0 bridgehead atoms. The van der Waals surface area contributed by atoms with Gasteiger partial charge in [-0.3, -0.25) is 4.90 Å². The highest BCUT2D eigenvalue weighted by molar-refractivity contribution is 6.30.